The molecule has 1 rings (SSSR count). The van der Waals surface area contributed by atoms with Gasteiger partial charge in [-0.05, 0) is 18.2 Å². The van der Waals surface area contributed by atoms with Crippen molar-refractivity contribution in [1.29, 1.82) is 0 Å². The summed E-state index contributed by atoms with van der Waals surface area (Å²) in [5, 5.41) is 8.55. The van der Waals surface area contributed by atoms with E-state index in [1.54, 1.807) is 0 Å². The molecule has 5 heteroatoms. The van der Waals surface area contributed by atoms with Crippen LogP contribution >= 0.6 is 11.8 Å². The highest BCUT2D eigenvalue weighted by Gasteiger charge is 2.09. The van der Waals surface area contributed by atoms with E-state index >= 15 is 0 Å². The van der Waals surface area contributed by atoms with E-state index in [4.69, 9.17) is 9.84 Å². The van der Waals surface area contributed by atoms with Crippen molar-refractivity contribution in [2.45, 2.75) is 0 Å². The second-order valence-corrected chi connectivity index (χ2v) is 4.15. The van der Waals surface area contributed by atoms with Crippen LogP contribution < -0.4 is 4.74 Å². The van der Waals surface area contributed by atoms with Crippen LogP contribution in [0.25, 0.3) is 0 Å². The molecule has 1 N–H and O–H groups in total. The molecule has 1 aromatic rings. The third-order valence-corrected chi connectivity index (χ3v) is 2.88. The Bertz CT molecular complexity index is 368. The first-order valence-corrected chi connectivity index (χ1v) is 5.90. The fourth-order valence-corrected chi connectivity index (χ4v) is 1.78. The van der Waals surface area contributed by atoms with Crippen molar-refractivity contribution < 1.29 is 19.0 Å². The number of benzene rings is 1. The average Bonchev–Trinajstić information content (AvgIpc) is 2.29. The molecule has 0 fully saturated rings. The molecule has 88 valence electrons. The minimum atomic E-state index is -0.541. The summed E-state index contributed by atoms with van der Waals surface area (Å²) in [6.07, 6.45) is 0. The Morgan fingerprint density at radius 2 is 2.31 bits per heavy atom. The van der Waals surface area contributed by atoms with Gasteiger partial charge in [-0.2, -0.15) is 11.8 Å². The highest BCUT2D eigenvalue weighted by molar-refractivity contribution is 8.00. The topological polar surface area (TPSA) is 46.5 Å². The maximum atomic E-state index is 13.3. The Balaban J connectivity index is 2.66. The number of aliphatic hydroxyl groups excluding tert-OH is 1. The highest BCUT2D eigenvalue weighted by atomic mass is 32.2. The van der Waals surface area contributed by atoms with Crippen molar-refractivity contribution in [3.8, 4) is 5.75 Å². The number of ketones is 1. The van der Waals surface area contributed by atoms with Crippen molar-refractivity contribution >= 4 is 17.5 Å². The number of thioether (sulfide) groups is 1. The molecular weight excluding hydrogens is 231 g/mol. The molecule has 0 heterocycles. The third-order valence-electron chi connectivity index (χ3n) is 1.94. The van der Waals surface area contributed by atoms with Gasteiger partial charge in [-0.1, -0.05) is 0 Å². The lowest BCUT2D eigenvalue weighted by atomic mass is 10.1. The van der Waals surface area contributed by atoms with Crippen LogP contribution in [0.3, 0.4) is 0 Å². The van der Waals surface area contributed by atoms with E-state index < -0.39 is 5.82 Å². The number of carbonyl (C=O) groups is 1. The zero-order valence-corrected chi connectivity index (χ0v) is 9.72. The Kier molecular flexibility index (Phi) is 5.28. The third kappa shape index (κ3) is 3.50. The number of aliphatic hydroxyl groups is 1. The van der Waals surface area contributed by atoms with Gasteiger partial charge in [0.25, 0.3) is 0 Å². The van der Waals surface area contributed by atoms with Crippen LogP contribution in [0, 0.1) is 5.82 Å². The van der Waals surface area contributed by atoms with Gasteiger partial charge in [0.05, 0.1) is 19.5 Å². The van der Waals surface area contributed by atoms with Crippen LogP contribution in [0.15, 0.2) is 18.2 Å². The standard InChI is InChI=1S/C11H13FO3S/c1-15-11-3-2-8(6-9(11)12)10(14)7-16-5-4-13/h2-3,6,13H,4-5,7H2,1H3. The second kappa shape index (κ2) is 6.50. The van der Waals surface area contributed by atoms with Crippen molar-refractivity contribution in [3.05, 3.63) is 29.6 Å². The smallest absolute Gasteiger partial charge is 0.172 e. The lowest BCUT2D eigenvalue weighted by Gasteiger charge is -2.04. The Labute approximate surface area is 97.6 Å². The lowest BCUT2D eigenvalue weighted by molar-refractivity contribution is 0.102. The zero-order valence-electron chi connectivity index (χ0n) is 8.90. The number of hydrogen-bond acceptors (Lipinski definition) is 4. The molecule has 0 saturated carbocycles. The van der Waals surface area contributed by atoms with Crippen molar-refractivity contribution in [2.24, 2.45) is 0 Å². The van der Waals surface area contributed by atoms with Crippen LogP contribution in [0.2, 0.25) is 0 Å². The van der Waals surface area contributed by atoms with E-state index in [-0.39, 0.29) is 23.9 Å². The molecule has 0 unspecified atom stereocenters. The van der Waals surface area contributed by atoms with E-state index in [0.29, 0.717) is 11.3 Å². The van der Waals surface area contributed by atoms with Gasteiger partial charge >= 0.3 is 0 Å². The number of ether oxygens (including phenoxy) is 1. The molecule has 0 saturated heterocycles. The summed E-state index contributed by atoms with van der Waals surface area (Å²) in [6.45, 7) is 0.0366. The molecule has 1 aromatic carbocycles. The van der Waals surface area contributed by atoms with Crippen LogP contribution in [0.4, 0.5) is 4.39 Å². The summed E-state index contributed by atoms with van der Waals surface area (Å²) in [6, 6.07) is 4.13. The Morgan fingerprint density at radius 1 is 1.56 bits per heavy atom. The number of Topliss-reactive ketones (excluding diaryl/α,β-unsaturated/α-hetero) is 1. The zero-order chi connectivity index (χ0) is 12.0. The van der Waals surface area contributed by atoms with Gasteiger partial charge in [0.1, 0.15) is 0 Å². The molecule has 0 atom stereocenters. The van der Waals surface area contributed by atoms with Crippen LogP contribution in [-0.4, -0.2) is 36.1 Å². The minimum Gasteiger partial charge on any atom is -0.494 e. The quantitative estimate of drug-likeness (QED) is 0.611. The number of hydrogen-bond donors (Lipinski definition) is 1. The van der Waals surface area contributed by atoms with Gasteiger partial charge in [0.2, 0.25) is 0 Å². The first-order valence-electron chi connectivity index (χ1n) is 4.74. The molecule has 0 spiro atoms. The summed E-state index contributed by atoms with van der Waals surface area (Å²) < 4.78 is 18.0. The molecule has 0 aliphatic rings. The maximum Gasteiger partial charge on any atom is 0.172 e. The van der Waals surface area contributed by atoms with Gasteiger partial charge in [-0.3, -0.25) is 4.79 Å². The van der Waals surface area contributed by atoms with Gasteiger partial charge in [0.15, 0.2) is 17.3 Å². The SMILES string of the molecule is COc1ccc(C(=O)CSCCO)cc1F. The number of methoxy groups -OCH3 is 1. The molecular formula is C11H13FO3S. The predicted molar refractivity (Wildman–Crippen MR) is 61.7 cm³/mol. The molecule has 16 heavy (non-hydrogen) atoms. The van der Waals surface area contributed by atoms with E-state index in [0.717, 1.165) is 0 Å². The van der Waals surface area contributed by atoms with Crippen LogP contribution in [-0.2, 0) is 0 Å². The summed E-state index contributed by atoms with van der Waals surface area (Å²) >= 11 is 1.32. The largest absolute Gasteiger partial charge is 0.494 e. The number of halogens is 1. The van der Waals surface area contributed by atoms with Gasteiger partial charge in [0, 0.05) is 11.3 Å². The lowest BCUT2D eigenvalue weighted by Crippen LogP contribution is -2.04. The molecule has 3 nitrogen and oxygen atoms in total. The first-order chi connectivity index (χ1) is 7.69. The van der Waals surface area contributed by atoms with E-state index in [1.165, 1.54) is 37.1 Å². The molecule has 0 bridgehead atoms. The molecule has 0 aliphatic carbocycles. The molecule has 0 amide bonds. The molecule has 0 aromatic heterocycles. The van der Waals surface area contributed by atoms with Gasteiger partial charge < -0.3 is 9.84 Å². The number of carbonyl (C=O) groups excluding carboxylic acids is 1. The van der Waals surface area contributed by atoms with E-state index in [2.05, 4.69) is 0 Å². The van der Waals surface area contributed by atoms with Crippen molar-refractivity contribution in [3.63, 3.8) is 0 Å². The predicted octanol–water partition coefficient (Wildman–Crippen LogP) is 1.74. The number of rotatable bonds is 6. The van der Waals surface area contributed by atoms with Crippen LogP contribution in [0.5, 0.6) is 5.75 Å². The second-order valence-electron chi connectivity index (χ2n) is 3.05. The molecule has 0 radical (unpaired) electrons. The van der Waals surface area contributed by atoms with E-state index in [1.807, 2.05) is 0 Å². The summed E-state index contributed by atoms with van der Waals surface area (Å²) in [5.74, 6) is 0.177. The van der Waals surface area contributed by atoms with Crippen LogP contribution in [0.1, 0.15) is 10.4 Å². The monoisotopic (exact) mass is 244 g/mol. The Hall–Kier alpha value is -1.07. The van der Waals surface area contributed by atoms with Crippen molar-refractivity contribution in [2.75, 3.05) is 25.2 Å². The first kappa shape index (κ1) is 13.0. The average molecular weight is 244 g/mol. The summed E-state index contributed by atoms with van der Waals surface area (Å²) in [5.41, 5.74) is 0.323. The van der Waals surface area contributed by atoms with Gasteiger partial charge in [-0.15, -0.1) is 0 Å². The van der Waals surface area contributed by atoms with E-state index in [9.17, 15) is 9.18 Å². The fraction of sp³-hybridized carbons (Fsp3) is 0.364. The van der Waals surface area contributed by atoms with Crippen molar-refractivity contribution in [1.82, 2.24) is 0 Å². The highest BCUT2D eigenvalue weighted by Crippen LogP contribution is 2.18. The fourth-order valence-electron chi connectivity index (χ4n) is 1.15. The maximum absolute atomic E-state index is 13.3. The Morgan fingerprint density at radius 3 is 2.88 bits per heavy atom. The summed E-state index contributed by atoms with van der Waals surface area (Å²) in [7, 11) is 1.37. The summed E-state index contributed by atoms with van der Waals surface area (Å²) in [4.78, 5) is 11.6. The molecule has 0 aliphatic heterocycles. The van der Waals surface area contributed by atoms with Gasteiger partial charge in [-0.25, -0.2) is 4.39 Å². The minimum absolute atomic E-state index is 0.0366. The normalized spacial score (nSPS) is 10.2.